The molecule has 7 aromatic carbocycles. The van der Waals surface area contributed by atoms with Gasteiger partial charge in [0.05, 0.1) is 16.6 Å². The molecule has 0 aliphatic carbocycles. The summed E-state index contributed by atoms with van der Waals surface area (Å²) in [6.45, 7) is 0. The predicted octanol–water partition coefficient (Wildman–Crippen LogP) is 12.3. The van der Waals surface area contributed by atoms with E-state index in [4.69, 9.17) is 24.4 Å². The van der Waals surface area contributed by atoms with Crippen LogP contribution in [0, 0.1) is 0 Å². The summed E-state index contributed by atoms with van der Waals surface area (Å²) in [4.78, 5) is 20.1. The van der Waals surface area contributed by atoms with Gasteiger partial charge in [-0.1, -0.05) is 170 Å². The van der Waals surface area contributed by atoms with Gasteiger partial charge in [0.15, 0.2) is 17.5 Å². The molecule has 0 saturated carbocycles. The lowest BCUT2D eigenvalue weighted by atomic mass is 9.91. The Morgan fingerprint density at radius 3 is 1.49 bits per heavy atom. The molecule has 248 valence electrons. The van der Waals surface area contributed by atoms with Crippen molar-refractivity contribution in [3.05, 3.63) is 182 Å². The molecule has 0 saturated heterocycles. The Bertz CT molecular complexity index is 2860. The lowest BCUT2D eigenvalue weighted by Crippen LogP contribution is -2.00. The first-order valence-corrected chi connectivity index (χ1v) is 17.6. The topological polar surface area (TPSA) is 64.7 Å². The third kappa shape index (κ3) is 5.43. The number of rotatable bonds is 6. The molecule has 10 rings (SSSR count). The number of aromatic nitrogens is 4. The lowest BCUT2D eigenvalue weighted by Gasteiger charge is -2.11. The molecule has 5 nitrogen and oxygen atoms in total. The highest BCUT2D eigenvalue weighted by molar-refractivity contribution is 6.19. The number of hydrogen-bond acceptors (Lipinski definition) is 5. The van der Waals surface area contributed by atoms with Gasteiger partial charge in [-0.2, -0.15) is 0 Å². The number of para-hydroxylation sites is 1. The lowest BCUT2D eigenvalue weighted by molar-refractivity contribution is 0.636. The van der Waals surface area contributed by atoms with Crippen molar-refractivity contribution in [1.29, 1.82) is 0 Å². The van der Waals surface area contributed by atoms with Crippen LogP contribution in [0.25, 0.3) is 101 Å². The molecule has 0 spiro atoms. The van der Waals surface area contributed by atoms with Gasteiger partial charge in [-0.05, 0) is 28.5 Å². The first-order valence-electron chi connectivity index (χ1n) is 17.6. The maximum Gasteiger partial charge on any atom is 0.164 e. The Labute approximate surface area is 305 Å². The zero-order chi connectivity index (χ0) is 35.1. The van der Waals surface area contributed by atoms with Crippen LogP contribution in [0.3, 0.4) is 0 Å². The average molecular weight is 679 g/mol. The van der Waals surface area contributed by atoms with E-state index in [9.17, 15) is 0 Å². The number of pyridine rings is 1. The van der Waals surface area contributed by atoms with Gasteiger partial charge in [-0.15, -0.1) is 0 Å². The van der Waals surface area contributed by atoms with Crippen LogP contribution in [0.2, 0.25) is 0 Å². The third-order valence-corrected chi connectivity index (χ3v) is 9.74. The molecule has 0 bridgehead atoms. The van der Waals surface area contributed by atoms with E-state index in [2.05, 4.69) is 103 Å². The first kappa shape index (κ1) is 30.6. The van der Waals surface area contributed by atoms with Crippen molar-refractivity contribution < 1.29 is 4.42 Å². The zero-order valence-corrected chi connectivity index (χ0v) is 28.5. The van der Waals surface area contributed by atoms with Crippen LogP contribution < -0.4 is 0 Å². The second kappa shape index (κ2) is 12.8. The van der Waals surface area contributed by atoms with E-state index in [0.29, 0.717) is 17.5 Å². The highest BCUT2D eigenvalue weighted by atomic mass is 16.3. The standard InChI is InChI=1S/C48H30N4O/c1-4-16-32(17-5-1)43-42-41(38-25-14-22-31-15-10-11-23-37(31)38)44(53-45(42)39-24-12-13-26-40(39)49-43)33-27-29-36(30-28-33)48-51-46(34-18-6-2-7-19-34)50-47(52-48)35-20-8-3-9-21-35/h1-30H. The summed E-state index contributed by atoms with van der Waals surface area (Å²) in [6, 6.07) is 62.0. The van der Waals surface area contributed by atoms with E-state index in [0.717, 1.165) is 83.0 Å². The molecule has 0 aliphatic heterocycles. The predicted molar refractivity (Wildman–Crippen MR) is 215 cm³/mol. The number of fused-ring (bicyclic) bond motifs is 4. The summed E-state index contributed by atoms with van der Waals surface area (Å²) < 4.78 is 7.08. The summed E-state index contributed by atoms with van der Waals surface area (Å²) in [5.74, 6) is 2.64. The van der Waals surface area contributed by atoms with E-state index in [1.54, 1.807) is 0 Å². The first-order chi connectivity index (χ1) is 26.3. The van der Waals surface area contributed by atoms with Crippen LogP contribution in [0.5, 0.6) is 0 Å². The minimum absolute atomic E-state index is 0.602. The number of nitrogens with zero attached hydrogens (tertiary/aromatic N) is 4. The normalized spacial score (nSPS) is 11.4. The molecule has 0 aliphatic rings. The van der Waals surface area contributed by atoms with Gasteiger partial charge in [-0.3, -0.25) is 0 Å². The Hall–Kier alpha value is -7.24. The monoisotopic (exact) mass is 678 g/mol. The SMILES string of the molecule is c1ccc(-c2nc(-c3ccccc3)nc(-c3ccc(-c4oc5c(c(-c6ccccc6)nc6ccccc65)c4-c4cccc5ccccc45)cc3)n2)cc1. The second-order valence-electron chi connectivity index (χ2n) is 13.0. The maximum absolute atomic E-state index is 7.08. The van der Waals surface area contributed by atoms with Crippen molar-refractivity contribution in [2.24, 2.45) is 0 Å². The third-order valence-electron chi connectivity index (χ3n) is 9.74. The van der Waals surface area contributed by atoms with Crippen molar-refractivity contribution in [3.8, 4) is 67.9 Å². The second-order valence-corrected chi connectivity index (χ2v) is 13.0. The van der Waals surface area contributed by atoms with E-state index < -0.39 is 0 Å². The largest absolute Gasteiger partial charge is 0.455 e. The maximum atomic E-state index is 7.08. The van der Waals surface area contributed by atoms with Gasteiger partial charge in [0, 0.05) is 38.8 Å². The van der Waals surface area contributed by atoms with Gasteiger partial charge in [0.2, 0.25) is 0 Å². The van der Waals surface area contributed by atoms with E-state index in [1.165, 1.54) is 0 Å². The Kier molecular flexibility index (Phi) is 7.40. The minimum atomic E-state index is 0.602. The molecule has 0 amide bonds. The van der Waals surface area contributed by atoms with Gasteiger partial charge in [0.1, 0.15) is 11.3 Å². The van der Waals surface area contributed by atoms with Crippen molar-refractivity contribution >= 4 is 32.6 Å². The number of benzene rings is 7. The van der Waals surface area contributed by atoms with Crippen LogP contribution in [0.4, 0.5) is 0 Å². The summed E-state index contributed by atoms with van der Waals surface area (Å²) >= 11 is 0. The summed E-state index contributed by atoms with van der Waals surface area (Å²) in [5.41, 5.74) is 9.41. The molecular weight excluding hydrogens is 649 g/mol. The summed E-state index contributed by atoms with van der Waals surface area (Å²) in [7, 11) is 0. The van der Waals surface area contributed by atoms with E-state index in [-0.39, 0.29) is 0 Å². The Morgan fingerprint density at radius 1 is 0.358 bits per heavy atom. The van der Waals surface area contributed by atoms with Crippen LogP contribution in [0.1, 0.15) is 0 Å². The van der Waals surface area contributed by atoms with Crippen LogP contribution in [-0.2, 0) is 0 Å². The molecule has 0 fully saturated rings. The minimum Gasteiger partial charge on any atom is -0.455 e. The summed E-state index contributed by atoms with van der Waals surface area (Å²) in [5, 5.41) is 4.27. The Morgan fingerprint density at radius 2 is 0.849 bits per heavy atom. The molecule has 3 heterocycles. The fourth-order valence-electron chi connectivity index (χ4n) is 7.20. The highest BCUT2D eigenvalue weighted by Crippen LogP contribution is 2.48. The highest BCUT2D eigenvalue weighted by Gasteiger charge is 2.25. The fourth-order valence-corrected chi connectivity index (χ4v) is 7.20. The van der Waals surface area contributed by atoms with Gasteiger partial charge in [-0.25, -0.2) is 19.9 Å². The zero-order valence-electron chi connectivity index (χ0n) is 28.5. The van der Waals surface area contributed by atoms with Crippen molar-refractivity contribution in [1.82, 2.24) is 19.9 Å². The number of hydrogen-bond donors (Lipinski definition) is 0. The quantitative estimate of drug-likeness (QED) is 0.175. The molecular formula is C48H30N4O. The smallest absolute Gasteiger partial charge is 0.164 e. The molecule has 3 aromatic heterocycles. The van der Waals surface area contributed by atoms with Crippen molar-refractivity contribution in [3.63, 3.8) is 0 Å². The van der Waals surface area contributed by atoms with Gasteiger partial charge < -0.3 is 4.42 Å². The van der Waals surface area contributed by atoms with Crippen LogP contribution in [0.15, 0.2) is 186 Å². The molecule has 0 radical (unpaired) electrons. The van der Waals surface area contributed by atoms with E-state index in [1.807, 2.05) is 78.9 Å². The molecule has 53 heavy (non-hydrogen) atoms. The molecule has 0 atom stereocenters. The fraction of sp³-hybridized carbons (Fsp3) is 0. The molecule has 0 N–H and O–H groups in total. The van der Waals surface area contributed by atoms with Crippen LogP contribution in [-0.4, -0.2) is 19.9 Å². The molecule has 5 heteroatoms. The average Bonchev–Trinajstić information content (AvgIpc) is 3.65. The van der Waals surface area contributed by atoms with Crippen LogP contribution >= 0.6 is 0 Å². The summed E-state index contributed by atoms with van der Waals surface area (Å²) in [6.07, 6.45) is 0. The molecule has 10 aromatic rings. The molecule has 0 unspecified atom stereocenters. The van der Waals surface area contributed by atoms with Gasteiger partial charge in [0.25, 0.3) is 0 Å². The Balaban J connectivity index is 1.21. The van der Waals surface area contributed by atoms with E-state index >= 15 is 0 Å². The van der Waals surface area contributed by atoms with Gasteiger partial charge >= 0.3 is 0 Å². The number of furan rings is 1. The van der Waals surface area contributed by atoms with Crippen molar-refractivity contribution in [2.75, 3.05) is 0 Å². The van der Waals surface area contributed by atoms with Crippen molar-refractivity contribution in [2.45, 2.75) is 0 Å².